The Bertz CT molecular complexity index is 455. The Labute approximate surface area is 130 Å². The molecular formula is C20H32O. The van der Waals surface area contributed by atoms with Crippen molar-refractivity contribution in [3.05, 3.63) is 0 Å². The molecule has 1 heteroatoms. The Morgan fingerprint density at radius 3 is 2.57 bits per heavy atom. The summed E-state index contributed by atoms with van der Waals surface area (Å²) in [5.41, 5.74) is 0.649. The predicted molar refractivity (Wildman–Crippen MR) is 85.9 cm³/mol. The number of carbonyl (C=O) groups excluding carboxylic acids is 1. The average Bonchev–Trinajstić information content (AvgIpc) is 2.70. The zero-order chi connectivity index (χ0) is 14.8. The van der Waals surface area contributed by atoms with Crippen LogP contribution in [0.3, 0.4) is 0 Å². The Hall–Kier alpha value is -0.330. The smallest absolute Gasteiger partial charge is 0.141 e. The van der Waals surface area contributed by atoms with Gasteiger partial charge in [0, 0.05) is 11.3 Å². The molecule has 4 fully saturated rings. The van der Waals surface area contributed by atoms with Gasteiger partial charge < -0.3 is 0 Å². The number of ketones is 1. The van der Waals surface area contributed by atoms with Gasteiger partial charge in [0.2, 0.25) is 0 Å². The first-order valence-corrected chi connectivity index (χ1v) is 9.51. The summed E-state index contributed by atoms with van der Waals surface area (Å²) >= 11 is 0. The summed E-state index contributed by atoms with van der Waals surface area (Å²) in [5, 5.41) is 0. The van der Waals surface area contributed by atoms with Gasteiger partial charge in [0.05, 0.1) is 0 Å². The largest absolute Gasteiger partial charge is 0.299 e. The first-order chi connectivity index (χ1) is 9.97. The van der Waals surface area contributed by atoms with Crippen LogP contribution in [0.5, 0.6) is 0 Å². The first kappa shape index (κ1) is 14.3. The molecule has 4 aliphatic carbocycles. The van der Waals surface area contributed by atoms with Crippen molar-refractivity contribution >= 4 is 5.78 Å². The molecule has 0 aliphatic heterocycles. The van der Waals surface area contributed by atoms with Crippen molar-refractivity contribution in [1.29, 1.82) is 0 Å². The maximum atomic E-state index is 12.7. The second-order valence-electron chi connectivity index (χ2n) is 9.36. The molecule has 0 saturated heterocycles. The number of carbonyl (C=O) groups is 1. The van der Waals surface area contributed by atoms with E-state index in [9.17, 15) is 4.79 Å². The molecule has 0 amide bonds. The van der Waals surface area contributed by atoms with E-state index in [1.165, 1.54) is 57.8 Å². The van der Waals surface area contributed by atoms with Crippen LogP contribution in [0.15, 0.2) is 0 Å². The molecule has 4 rings (SSSR count). The lowest BCUT2D eigenvalue weighted by Gasteiger charge is -2.59. The lowest BCUT2D eigenvalue weighted by atomic mass is 9.45. The van der Waals surface area contributed by atoms with E-state index >= 15 is 0 Å². The lowest BCUT2D eigenvalue weighted by Crippen LogP contribution is -2.52. The van der Waals surface area contributed by atoms with Gasteiger partial charge in [-0.3, -0.25) is 4.79 Å². The number of rotatable bonds is 0. The van der Waals surface area contributed by atoms with Crippen molar-refractivity contribution in [2.45, 2.75) is 78.6 Å². The minimum Gasteiger partial charge on any atom is -0.299 e. The number of fused-ring (bicyclic) bond motifs is 5. The van der Waals surface area contributed by atoms with E-state index in [0.717, 1.165) is 17.8 Å². The molecule has 21 heavy (non-hydrogen) atoms. The summed E-state index contributed by atoms with van der Waals surface area (Å²) in [6, 6.07) is 0. The van der Waals surface area contributed by atoms with Gasteiger partial charge in [0.1, 0.15) is 5.78 Å². The van der Waals surface area contributed by atoms with Crippen molar-refractivity contribution in [2.24, 2.45) is 40.4 Å². The van der Waals surface area contributed by atoms with Crippen LogP contribution in [0.25, 0.3) is 0 Å². The summed E-state index contributed by atoms with van der Waals surface area (Å²) in [5.74, 6) is 4.41. The maximum Gasteiger partial charge on any atom is 0.141 e. The average molecular weight is 288 g/mol. The van der Waals surface area contributed by atoms with E-state index in [-0.39, 0.29) is 5.41 Å². The first-order valence-electron chi connectivity index (χ1n) is 9.51. The molecular weight excluding hydrogens is 256 g/mol. The second kappa shape index (κ2) is 4.59. The van der Waals surface area contributed by atoms with E-state index in [0.29, 0.717) is 23.0 Å². The molecule has 2 unspecified atom stereocenters. The summed E-state index contributed by atoms with van der Waals surface area (Å²) in [7, 11) is 0. The maximum absolute atomic E-state index is 12.7. The Morgan fingerprint density at radius 2 is 1.76 bits per heavy atom. The number of Topliss-reactive ketones (excluding diaryl/α,β-unsaturated/α-hetero) is 1. The number of hydrogen-bond donors (Lipinski definition) is 0. The quantitative estimate of drug-likeness (QED) is 0.596. The van der Waals surface area contributed by atoms with Crippen molar-refractivity contribution in [3.63, 3.8) is 0 Å². The van der Waals surface area contributed by atoms with E-state index in [4.69, 9.17) is 0 Å². The third-order valence-corrected chi connectivity index (χ3v) is 8.59. The van der Waals surface area contributed by atoms with Crippen LogP contribution < -0.4 is 0 Å². The molecule has 0 N–H and O–H groups in total. The highest BCUT2D eigenvalue weighted by molar-refractivity contribution is 5.89. The van der Waals surface area contributed by atoms with Crippen LogP contribution in [-0.4, -0.2) is 5.78 Å². The Kier molecular flexibility index (Phi) is 3.12. The molecule has 1 nitrogen and oxygen atoms in total. The zero-order valence-electron chi connectivity index (χ0n) is 14.2. The summed E-state index contributed by atoms with van der Waals surface area (Å²) < 4.78 is 0. The fraction of sp³-hybridized carbons (Fsp3) is 0.950. The summed E-state index contributed by atoms with van der Waals surface area (Å²) in [6.07, 6.45) is 12.5. The Morgan fingerprint density at radius 1 is 0.952 bits per heavy atom. The molecule has 0 bridgehead atoms. The van der Waals surface area contributed by atoms with Gasteiger partial charge in [-0.15, -0.1) is 0 Å². The van der Waals surface area contributed by atoms with Gasteiger partial charge in [-0.2, -0.15) is 0 Å². The van der Waals surface area contributed by atoms with E-state index in [1.807, 2.05) is 0 Å². The standard InChI is InChI=1S/C20H32O/c1-13-12-17-15-8-7-14-6-4-5-10-19(14,2)16(15)9-11-20(17,3)18(13)21/h13-17H,4-12H2,1-3H3/t13?,14?,15-,16-,17+,19+,20+/m1/s1. The third kappa shape index (κ3) is 1.78. The van der Waals surface area contributed by atoms with Crippen molar-refractivity contribution in [1.82, 2.24) is 0 Å². The highest BCUT2D eigenvalue weighted by atomic mass is 16.1. The molecule has 7 atom stereocenters. The monoisotopic (exact) mass is 288 g/mol. The van der Waals surface area contributed by atoms with Crippen molar-refractivity contribution < 1.29 is 4.79 Å². The minimum atomic E-state index is 0.0401. The van der Waals surface area contributed by atoms with Gasteiger partial charge >= 0.3 is 0 Å². The zero-order valence-corrected chi connectivity index (χ0v) is 14.2. The predicted octanol–water partition coefficient (Wildman–Crippen LogP) is 5.23. The van der Waals surface area contributed by atoms with Crippen LogP contribution in [0.4, 0.5) is 0 Å². The minimum absolute atomic E-state index is 0.0401. The SMILES string of the molecule is CC1C[C@H]2[C@@H]3CCC4CCCC[C@]4(C)[C@@H]3CC[C@]2(C)C1=O. The van der Waals surface area contributed by atoms with Crippen LogP contribution in [0.2, 0.25) is 0 Å². The molecule has 0 aromatic rings. The van der Waals surface area contributed by atoms with E-state index < -0.39 is 0 Å². The molecule has 0 heterocycles. The van der Waals surface area contributed by atoms with E-state index in [1.54, 1.807) is 0 Å². The molecule has 0 aromatic carbocycles. The highest BCUT2D eigenvalue weighted by Crippen LogP contribution is 2.65. The molecule has 0 radical (unpaired) electrons. The van der Waals surface area contributed by atoms with Gasteiger partial charge in [-0.1, -0.05) is 33.6 Å². The lowest BCUT2D eigenvalue weighted by molar-refractivity contribution is -0.139. The fourth-order valence-electron chi connectivity index (χ4n) is 7.41. The Balaban J connectivity index is 1.67. The van der Waals surface area contributed by atoms with E-state index in [2.05, 4.69) is 20.8 Å². The summed E-state index contributed by atoms with van der Waals surface area (Å²) in [4.78, 5) is 12.7. The normalized spacial score (nSPS) is 56.5. The molecule has 4 aliphatic rings. The summed E-state index contributed by atoms with van der Waals surface area (Å²) in [6.45, 7) is 7.13. The molecule has 0 spiro atoms. The third-order valence-electron chi connectivity index (χ3n) is 8.59. The molecule has 4 saturated carbocycles. The van der Waals surface area contributed by atoms with Crippen molar-refractivity contribution in [2.75, 3.05) is 0 Å². The topological polar surface area (TPSA) is 17.1 Å². The van der Waals surface area contributed by atoms with Crippen LogP contribution in [0, 0.1) is 40.4 Å². The van der Waals surface area contributed by atoms with Gasteiger partial charge in [0.15, 0.2) is 0 Å². The van der Waals surface area contributed by atoms with Gasteiger partial charge in [-0.05, 0) is 74.0 Å². The molecule has 118 valence electrons. The van der Waals surface area contributed by atoms with Gasteiger partial charge in [0.25, 0.3) is 0 Å². The van der Waals surface area contributed by atoms with Crippen LogP contribution in [-0.2, 0) is 4.79 Å². The van der Waals surface area contributed by atoms with Crippen LogP contribution >= 0.6 is 0 Å². The van der Waals surface area contributed by atoms with Gasteiger partial charge in [-0.25, -0.2) is 0 Å². The van der Waals surface area contributed by atoms with Crippen LogP contribution in [0.1, 0.15) is 78.6 Å². The second-order valence-corrected chi connectivity index (χ2v) is 9.36. The fourth-order valence-corrected chi connectivity index (χ4v) is 7.41. The molecule has 0 aromatic heterocycles. The highest BCUT2D eigenvalue weighted by Gasteiger charge is 2.61. The number of hydrogen-bond acceptors (Lipinski definition) is 1. The van der Waals surface area contributed by atoms with Crippen molar-refractivity contribution in [3.8, 4) is 0 Å².